The highest BCUT2D eigenvalue weighted by Crippen LogP contribution is 2.15. The highest BCUT2D eigenvalue weighted by molar-refractivity contribution is 5.36. The summed E-state index contributed by atoms with van der Waals surface area (Å²) in [6, 6.07) is 1.80. The first-order valence-electron chi connectivity index (χ1n) is 5.80. The first-order valence-corrected chi connectivity index (χ1v) is 5.80. The highest BCUT2D eigenvalue weighted by Gasteiger charge is 2.15. The Morgan fingerprint density at radius 3 is 2.83 bits per heavy atom. The van der Waals surface area contributed by atoms with Gasteiger partial charge in [0.2, 0.25) is 0 Å². The van der Waals surface area contributed by atoms with E-state index >= 15 is 0 Å². The van der Waals surface area contributed by atoms with Gasteiger partial charge in [-0.05, 0) is 19.9 Å². The lowest BCUT2D eigenvalue weighted by molar-refractivity contribution is 0.00543. The van der Waals surface area contributed by atoms with Gasteiger partial charge in [0.15, 0.2) is 0 Å². The maximum atomic E-state index is 8.62. The molecule has 1 rings (SSSR count). The largest absolute Gasteiger partial charge is 0.492 e. The molecule has 0 amide bonds. The van der Waals surface area contributed by atoms with Gasteiger partial charge in [0, 0.05) is 25.3 Å². The van der Waals surface area contributed by atoms with Crippen LogP contribution in [0.4, 0.5) is 0 Å². The summed E-state index contributed by atoms with van der Waals surface area (Å²) >= 11 is 0. The fourth-order valence-electron chi connectivity index (χ4n) is 1.22. The van der Waals surface area contributed by atoms with Crippen molar-refractivity contribution in [1.29, 1.82) is 0 Å². The van der Waals surface area contributed by atoms with Crippen LogP contribution in [-0.2, 0) is 4.74 Å². The maximum Gasteiger partial charge on any atom is 0.138 e. The SMILES string of the molecule is COC(C)(C)CCOc1cncc(C#CCO)c1. The number of methoxy groups -OCH3 is 1. The van der Waals surface area contributed by atoms with Gasteiger partial charge in [-0.3, -0.25) is 4.98 Å². The Morgan fingerprint density at radius 2 is 2.17 bits per heavy atom. The van der Waals surface area contributed by atoms with E-state index in [1.54, 1.807) is 25.6 Å². The molecular weight excluding hydrogens is 230 g/mol. The molecule has 0 aromatic carbocycles. The van der Waals surface area contributed by atoms with Crippen LogP contribution in [0.5, 0.6) is 5.75 Å². The molecule has 0 saturated heterocycles. The number of hydrogen-bond donors (Lipinski definition) is 1. The summed E-state index contributed by atoms with van der Waals surface area (Å²) in [5, 5.41) is 8.62. The van der Waals surface area contributed by atoms with Crippen LogP contribution in [0.25, 0.3) is 0 Å². The molecule has 1 aromatic rings. The third-order valence-corrected chi connectivity index (χ3v) is 2.55. The zero-order valence-electron chi connectivity index (χ0n) is 11.1. The molecule has 0 aliphatic rings. The topological polar surface area (TPSA) is 51.6 Å². The lowest BCUT2D eigenvalue weighted by Gasteiger charge is -2.22. The molecule has 4 nitrogen and oxygen atoms in total. The predicted molar refractivity (Wildman–Crippen MR) is 69.4 cm³/mol. The van der Waals surface area contributed by atoms with Crippen LogP contribution in [0.3, 0.4) is 0 Å². The third kappa shape index (κ3) is 5.17. The second-order valence-electron chi connectivity index (χ2n) is 4.43. The molecule has 0 fully saturated rings. The van der Waals surface area contributed by atoms with Crippen molar-refractivity contribution in [2.45, 2.75) is 25.9 Å². The van der Waals surface area contributed by atoms with E-state index in [9.17, 15) is 0 Å². The van der Waals surface area contributed by atoms with Crippen LogP contribution < -0.4 is 4.74 Å². The van der Waals surface area contributed by atoms with Crippen molar-refractivity contribution in [3.63, 3.8) is 0 Å². The highest BCUT2D eigenvalue weighted by atomic mass is 16.5. The molecule has 0 aliphatic heterocycles. The van der Waals surface area contributed by atoms with E-state index in [0.717, 1.165) is 12.0 Å². The molecule has 0 aliphatic carbocycles. The van der Waals surface area contributed by atoms with Crippen molar-refractivity contribution < 1.29 is 14.6 Å². The summed E-state index contributed by atoms with van der Waals surface area (Å²) < 4.78 is 10.9. The van der Waals surface area contributed by atoms with Crippen LogP contribution in [-0.4, -0.2) is 36.0 Å². The van der Waals surface area contributed by atoms with Gasteiger partial charge in [-0.15, -0.1) is 0 Å². The minimum Gasteiger partial charge on any atom is -0.492 e. The lowest BCUT2D eigenvalue weighted by atomic mass is 10.1. The Bertz CT molecular complexity index is 432. The number of nitrogens with zero attached hydrogens (tertiary/aromatic N) is 1. The third-order valence-electron chi connectivity index (χ3n) is 2.55. The number of aromatic nitrogens is 1. The van der Waals surface area contributed by atoms with Gasteiger partial charge in [0.25, 0.3) is 0 Å². The molecule has 0 atom stereocenters. The zero-order valence-corrected chi connectivity index (χ0v) is 11.1. The fraction of sp³-hybridized carbons (Fsp3) is 0.500. The summed E-state index contributed by atoms with van der Waals surface area (Å²) in [4.78, 5) is 4.03. The van der Waals surface area contributed by atoms with Gasteiger partial charge < -0.3 is 14.6 Å². The van der Waals surface area contributed by atoms with E-state index in [1.807, 2.05) is 13.8 Å². The van der Waals surface area contributed by atoms with Crippen molar-refractivity contribution >= 4 is 0 Å². The second-order valence-corrected chi connectivity index (χ2v) is 4.43. The van der Waals surface area contributed by atoms with Crippen molar-refractivity contribution in [3.05, 3.63) is 24.0 Å². The number of aliphatic hydroxyl groups excluding tert-OH is 1. The van der Waals surface area contributed by atoms with E-state index in [0.29, 0.717) is 12.4 Å². The van der Waals surface area contributed by atoms with Crippen molar-refractivity contribution in [3.8, 4) is 17.6 Å². The molecule has 1 heterocycles. The molecule has 18 heavy (non-hydrogen) atoms. The average Bonchev–Trinajstić information content (AvgIpc) is 2.37. The quantitative estimate of drug-likeness (QED) is 0.806. The Balaban J connectivity index is 2.53. The first kappa shape index (κ1) is 14.5. The fourth-order valence-corrected chi connectivity index (χ4v) is 1.22. The Hall–Kier alpha value is -1.57. The van der Waals surface area contributed by atoms with E-state index in [-0.39, 0.29) is 12.2 Å². The molecule has 0 saturated carbocycles. The average molecular weight is 249 g/mol. The van der Waals surface area contributed by atoms with E-state index < -0.39 is 0 Å². The van der Waals surface area contributed by atoms with Gasteiger partial charge in [-0.25, -0.2) is 0 Å². The molecule has 98 valence electrons. The molecular formula is C14H19NO3. The standard InChI is InChI=1S/C14H19NO3/c1-14(2,17-3)6-8-18-13-9-12(5-4-7-16)10-15-11-13/h9-11,16H,6-8H2,1-3H3. The summed E-state index contributed by atoms with van der Waals surface area (Å²) in [5.41, 5.74) is 0.536. The molecule has 0 unspecified atom stereocenters. The number of ether oxygens (including phenoxy) is 2. The minimum atomic E-state index is -0.193. The van der Waals surface area contributed by atoms with E-state index in [1.165, 1.54) is 0 Å². The summed E-state index contributed by atoms with van der Waals surface area (Å²) in [6.45, 7) is 4.42. The van der Waals surface area contributed by atoms with Crippen molar-refractivity contribution in [2.75, 3.05) is 20.3 Å². The molecule has 0 spiro atoms. The Labute approximate surface area is 108 Å². The first-order chi connectivity index (χ1) is 8.57. The van der Waals surface area contributed by atoms with Gasteiger partial charge in [-0.1, -0.05) is 11.8 Å². The second kappa shape index (κ2) is 7.00. The Kier molecular flexibility index (Phi) is 5.63. The van der Waals surface area contributed by atoms with Gasteiger partial charge in [-0.2, -0.15) is 0 Å². The number of hydrogen-bond acceptors (Lipinski definition) is 4. The minimum absolute atomic E-state index is 0.160. The molecule has 0 radical (unpaired) electrons. The Morgan fingerprint density at radius 1 is 1.39 bits per heavy atom. The van der Waals surface area contributed by atoms with Gasteiger partial charge in [0.05, 0.1) is 18.4 Å². The number of aliphatic hydroxyl groups is 1. The summed E-state index contributed by atoms with van der Waals surface area (Å²) in [5.74, 6) is 6.03. The monoisotopic (exact) mass is 249 g/mol. The van der Waals surface area contributed by atoms with Gasteiger partial charge >= 0.3 is 0 Å². The summed E-state index contributed by atoms with van der Waals surface area (Å²) in [6.07, 6.45) is 4.06. The maximum absolute atomic E-state index is 8.62. The molecule has 4 heteroatoms. The molecule has 1 aromatic heterocycles. The van der Waals surface area contributed by atoms with Crippen LogP contribution in [0.1, 0.15) is 25.8 Å². The smallest absolute Gasteiger partial charge is 0.138 e. The number of rotatable bonds is 5. The van der Waals surface area contributed by atoms with E-state index in [2.05, 4.69) is 16.8 Å². The predicted octanol–water partition coefficient (Wildman–Crippen LogP) is 1.62. The molecule has 0 bridgehead atoms. The van der Waals surface area contributed by atoms with Crippen LogP contribution in [0, 0.1) is 11.8 Å². The van der Waals surface area contributed by atoms with Crippen molar-refractivity contribution in [1.82, 2.24) is 4.98 Å². The number of pyridine rings is 1. The van der Waals surface area contributed by atoms with E-state index in [4.69, 9.17) is 14.6 Å². The summed E-state index contributed by atoms with van der Waals surface area (Å²) in [7, 11) is 1.69. The van der Waals surface area contributed by atoms with Gasteiger partial charge in [0.1, 0.15) is 12.4 Å². The van der Waals surface area contributed by atoms with Crippen LogP contribution in [0.15, 0.2) is 18.5 Å². The normalized spacial score (nSPS) is 10.7. The lowest BCUT2D eigenvalue weighted by Crippen LogP contribution is -2.25. The van der Waals surface area contributed by atoms with Crippen LogP contribution in [0.2, 0.25) is 0 Å². The molecule has 1 N–H and O–H groups in total. The van der Waals surface area contributed by atoms with Crippen molar-refractivity contribution in [2.24, 2.45) is 0 Å². The van der Waals surface area contributed by atoms with Crippen LogP contribution >= 0.6 is 0 Å². The zero-order chi connectivity index (χ0) is 13.4.